The van der Waals surface area contributed by atoms with Crippen molar-refractivity contribution in [2.45, 2.75) is 6.42 Å². The molecular weight excluding hydrogens is 351 g/mol. The van der Waals surface area contributed by atoms with Crippen LogP contribution in [0.1, 0.15) is 6.42 Å². The van der Waals surface area contributed by atoms with Gasteiger partial charge in [0.1, 0.15) is 0 Å². The van der Waals surface area contributed by atoms with Gasteiger partial charge in [0.15, 0.2) is 0 Å². The third kappa shape index (κ3) is 7.05. The fourth-order valence-electron chi connectivity index (χ4n) is 2.41. The van der Waals surface area contributed by atoms with Crippen LogP contribution in [-0.2, 0) is 9.59 Å². The van der Waals surface area contributed by atoms with Crippen LogP contribution in [0.3, 0.4) is 0 Å². The van der Waals surface area contributed by atoms with Crippen molar-refractivity contribution in [2.24, 2.45) is 0 Å². The first kappa shape index (κ1) is 20.7. The lowest BCUT2D eigenvalue weighted by Gasteiger charge is -2.29. The van der Waals surface area contributed by atoms with Gasteiger partial charge >= 0.3 is 0 Å². The quantitative estimate of drug-likeness (QED) is 0.790. The monoisotopic (exact) mass is 374 g/mol. The van der Waals surface area contributed by atoms with Gasteiger partial charge in [0, 0.05) is 49.9 Å². The van der Waals surface area contributed by atoms with Crippen LogP contribution < -0.4 is 10.6 Å². The van der Waals surface area contributed by atoms with Crippen LogP contribution in [0.25, 0.3) is 0 Å². The molecule has 134 valence electrons. The van der Waals surface area contributed by atoms with E-state index in [1.807, 2.05) is 16.8 Å². The van der Waals surface area contributed by atoms with Gasteiger partial charge in [-0.2, -0.15) is 0 Å². The van der Waals surface area contributed by atoms with Gasteiger partial charge in [-0.25, -0.2) is 0 Å². The Morgan fingerprint density at radius 3 is 2.71 bits per heavy atom. The highest BCUT2D eigenvalue weighted by Gasteiger charge is 2.17. The first-order chi connectivity index (χ1) is 11.0. The summed E-state index contributed by atoms with van der Waals surface area (Å²) >= 11 is 5.88. The van der Waals surface area contributed by atoms with E-state index < -0.39 is 0 Å². The fraction of sp³-hybridized carbons (Fsp3) is 0.500. The molecule has 0 atom stereocenters. The third-order valence-electron chi connectivity index (χ3n) is 3.70. The van der Waals surface area contributed by atoms with E-state index in [2.05, 4.69) is 10.6 Å². The molecule has 0 aliphatic carbocycles. The molecule has 24 heavy (non-hydrogen) atoms. The minimum absolute atomic E-state index is 0. The first-order valence-electron chi connectivity index (χ1n) is 7.77. The van der Waals surface area contributed by atoms with Crippen LogP contribution in [0.4, 0.5) is 5.69 Å². The Balaban J connectivity index is 0.00000288. The smallest absolute Gasteiger partial charge is 0.236 e. The van der Waals surface area contributed by atoms with Crippen molar-refractivity contribution in [3.05, 3.63) is 29.3 Å². The van der Waals surface area contributed by atoms with Crippen molar-refractivity contribution in [3.63, 3.8) is 0 Å². The summed E-state index contributed by atoms with van der Waals surface area (Å²) in [6.07, 6.45) is 0.331. The molecule has 8 heteroatoms. The van der Waals surface area contributed by atoms with Crippen molar-refractivity contribution in [1.82, 2.24) is 15.1 Å². The number of nitrogens with zero attached hydrogens (tertiary/aromatic N) is 2. The van der Waals surface area contributed by atoms with Crippen LogP contribution in [0.15, 0.2) is 24.3 Å². The van der Waals surface area contributed by atoms with Gasteiger partial charge in [-0.1, -0.05) is 17.7 Å². The molecule has 6 nitrogen and oxygen atoms in total. The zero-order valence-corrected chi connectivity index (χ0v) is 15.3. The number of carbonyl (C=O) groups is 2. The van der Waals surface area contributed by atoms with E-state index in [9.17, 15) is 9.59 Å². The van der Waals surface area contributed by atoms with Gasteiger partial charge in [0.05, 0.1) is 6.54 Å². The third-order valence-corrected chi connectivity index (χ3v) is 3.94. The predicted molar refractivity (Wildman–Crippen MR) is 98.9 cm³/mol. The predicted octanol–water partition coefficient (Wildman–Crippen LogP) is 1.45. The number of likely N-dealkylation sites (N-methyl/N-ethyl adjacent to an activating group) is 1. The lowest BCUT2D eigenvalue weighted by molar-refractivity contribution is -0.133. The molecule has 1 heterocycles. The average molecular weight is 375 g/mol. The highest BCUT2D eigenvalue weighted by molar-refractivity contribution is 6.30. The van der Waals surface area contributed by atoms with Gasteiger partial charge < -0.3 is 15.5 Å². The zero-order chi connectivity index (χ0) is 16.7. The number of amides is 2. The Bertz CT molecular complexity index is 551. The molecule has 0 radical (unpaired) electrons. The molecular formula is C16H24Cl2N4O2. The lowest BCUT2D eigenvalue weighted by Crippen LogP contribution is -2.49. The molecule has 1 fully saturated rings. The maximum Gasteiger partial charge on any atom is 0.236 e. The highest BCUT2D eigenvalue weighted by atomic mass is 35.5. The first-order valence-corrected chi connectivity index (χ1v) is 8.15. The Hall–Kier alpha value is -1.34. The second-order valence-electron chi connectivity index (χ2n) is 5.68. The molecule has 2 N–H and O–H groups in total. The van der Waals surface area contributed by atoms with Gasteiger partial charge in [-0.05, 0) is 25.2 Å². The van der Waals surface area contributed by atoms with E-state index in [0.717, 1.165) is 26.2 Å². The standard InChI is InChI=1S/C16H23ClN4O2.ClH/c1-20(12-16(23)21-9-6-18-7-10-21)8-5-15(22)19-14-4-2-3-13(17)11-14;/h2-4,11,18H,5-10,12H2,1H3,(H,19,22);1H. The van der Waals surface area contributed by atoms with E-state index in [4.69, 9.17) is 11.6 Å². The molecule has 0 saturated carbocycles. The summed E-state index contributed by atoms with van der Waals surface area (Å²) in [5.74, 6) is 0.0259. The number of piperazine rings is 1. The number of nitrogens with one attached hydrogen (secondary N) is 2. The van der Waals surface area contributed by atoms with Crippen LogP contribution in [0.5, 0.6) is 0 Å². The molecule has 1 aliphatic heterocycles. The topological polar surface area (TPSA) is 64.7 Å². The van der Waals surface area contributed by atoms with Crippen molar-refractivity contribution in [1.29, 1.82) is 0 Å². The maximum absolute atomic E-state index is 12.1. The molecule has 0 aromatic heterocycles. The summed E-state index contributed by atoms with van der Waals surface area (Å²) in [4.78, 5) is 27.8. The number of hydrogen-bond acceptors (Lipinski definition) is 4. The van der Waals surface area contributed by atoms with Crippen molar-refractivity contribution < 1.29 is 9.59 Å². The second-order valence-corrected chi connectivity index (χ2v) is 6.11. The second kappa shape index (κ2) is 10.5. The molecule has 1 aromatic rings. The van der Waals surface area contributed by atoms with E-state index in [1.54, 1.807) is 24.3 Å². The fourth-order valence-corrected chi connectivity index (χ4v) is 2.60. The van der Waals surface area contributed by atoms with E-state index in [-0.39, 0.29) is 24.2 Å². The Morgan fingerprint density at radius 1 is 1.33 bits per heavy atom. The average Bonchev–Trinajstić information content (AvgIpc) is 2.54. The van der Waals surface area contributed by atoms with Crippen LogP contribution in [0, 0.1) is 0 Å². The van der Waals surface area contributed by atoms with Crippen LogP contribution in [0.2, 0.25) is 5.02 Å². The summed E-state index contributed by atoms with van der Waals surface area (Å²) in [7, 11) is 1.85. The SMILES string of the molecule is CN(CCC(=O)Nc1cccc(Cl)c1)CC(=O)N1CCNCC1.Cl. The van der Waals surface area contributed by atoms with Crippen molar-refractivity contribution >= 4 is 41.5 Å². The Labute approximate surface area is 153 Å². The van der Waals surface area contributed by atoms with Gasteiger partial charge in [0.2, 0.25) is 11.8 Å². The van der Waals surface area contributed by atoms with Gasteiger partial charge in [0.25, 0.3) is 0 Å². The number of hydrogen-bond donors (Lipinski definition) is 2. The zero-order valence-electron chi connectivity index (χ0n) is 13.8. The summed E-state index contributed by atoms with van der Waals surface area (Å²) in [5, 5.41) is 6.61. The number of carbonyl (C=O) groups excluding carboxylic acids is 2. The van der Waals surface area contributed by atoms with Crippen LogP contribution >= 0.6 is 24.0 Å². The molecule has 1 aliphatic rings. The lowest BCUT2D eigenvalue weighted by atomic mass is 10.3. The van der Waals surface area contributed by atoms with Crippen LogP contribution in [-0.4, -0.2) is 67.9 Å². The van der Waals surface area contributed by atoms with Gasteiger partial charge in [-0.15, -0.1) is 12.4 Å². The van der Waals surface area contributed by atoms with E-state index in [0.29, 0.717) is 30.2 Å². The molecule has 2 amide bonds. The minimum Gasteiger partial charge on any atom is -0.339 e. The Morgan fingerprint density at radius 2 is 2.04 bits per heavy atom. The molecule has 2 rings (SSSR count). The van der Waals surface area contributed by atoms with Crippen molar-refractivity contribution in [2.75, 3.05) is 51.6 Å². The molecule has 1 saturated heterocycles. The number of anilines is 1. The number of benzene rings is 1. The largest absolute Gasteiger partial charge is 0.339 e. The molecule has 0 spiro atoms. The molecule has 0 unspecified atom stereocenters. The summed E-state index contributed by atoms with van der Waals surface area (Å²) in [6.45, 7) is 4.06. The summed E-state index contributed by atoms with van der Waals surface area (Å²) in [5.41, 5.74) is 0.682. The van der Waals surface area contributed by atoms with Crippen molar-refractivity contribution in [3.8, 4) is 0 Å². The van der Waals surface area contributed by atoms with E-state index >= 15 is 0 Å². The highest BCUT2D eigenvalue weighted by Crippen LogP contribution is 2.14. The molecule has 1 aromatic carbocycles. The number of rotatable bonds is 6. The normalized spacial score (nSPS) is 14.2. The maximum atomic E-state index is 12.1. The number of halogens is 2. The summed E-state index contributed by atoms with van der Waals surface area (Å²) in [6, 6.07) is 7.04. The Kier molecular flexibility index (Phi) is 9.07. The van der Waals surface area contributed by atoms with Gasteiger partial charge in [-0.3, -0.25) is 14.5 Å². The minimum atomic E-state index is -0.0891. The molecule has 0 bridgehead atoms. The summed E-state index contributed by atoms with van der Waals surface area (Å²) < 4.78 is 0. The van der Waals surface area contributed by atoms with E-state index in [1.165, 1.54) is 0 Å².